The Labute approximate surface area is 94.4 Å². The van der Waals surface area contributed by atoms with Gasteiger partial charge in [0.25, 0.3) is 0 Å². The lowest BCUT2D eigenvalue weighted by Crippen LogP contribution is -2.41. The smallest absolute Gasteiger partial charge is 0.156 e. The molecule has 1 aromatic heterocycles. The summed E-state index contributed by atoms with van der Waals surface area (Å²) in [4.78, 5) is 6.20. The lowest BCUT2D eigenvalue weighted by Gasteiger charge is -2.29. The molecule has 84 valence electrons. The first-order valence-corrected chi connectivity index (χ1v) is 5.22. The third-order valence-corrected chi connectivity index (χ3v) is 2.61. The maximum absolute atomic E-state index is 8.79. The normalized spacial score (nSPS) is 21.6. The van der Waals surface area contributed by atoms with Crippen LogP contribution in [0.5, 0.6) is 0 Å². The number of aromatic nitrogens is 1. The van der Waals surface area contributed by atoms with E-state index in [1.807, 2.05) is 12.1 Å². The van der Waals surface area contributed by atoms with Gasteiger partial charge in [0.1, 0.15) is 5.82 Å². The van der Waals surface area contributed by atoms with E-state index in [0.717, 1.165) is 18.7 Å². The first kappa shape index (κ1) is 10.9. The molecule has 0 radical (unpaired) electrons. The third-order valence-electron chi connectivity index (χ3n) is 2.61. The molecule has 0 amide bonds. The van der Waals surface area contributed by atoms with Crippen LogP contribution in [0.1, 0.15) is 5.56 Å². The van der Waals surface area contributed by atoms with Gasteiger partial charge >= 0.3 is 0 Å². The molecule has 5 heteroatoms. The van der Waals surface area contributed by atoms with E-state index in [0.29, 0.717) is 19.0 Å². The summed E-state index contributed by atoms with van der Waals surface area (Å²) >= 11 is 0. The number of hydrogen-bond donors (Lipinski definition) is 1. The van der Waals surface area contributed by atoms with Gasteiger partial charge < -0.3 is 10.5 Å². The molecule has 1 unspecified atom stereocenters. The van der Waals surface area contributed by atoms with Crippen molar-refractivity contribution >= 4 is 5.82 Å². The zero-order chi connectivity index (χ0) is 11.4. The van der Waals surface area contributed by atoms with E-state index < -0.39 is 0 Å². The fourth-order valence-electron chi connectivity index (χ4n) is 1.75. The minimum absolute atomic E-state index is 0.327. The van der Waals surface area contributed by atoms with Gasteiger partial charge in [-0.05, 0) is 6.07 Å². The molecule has 16 heavy (non-hydrogen) atoms. The van der Waals surface area contributed by atoms with Crippen LogP contribution in [0.3, 0.4) is 0 Å². The number of nitriles is 1. The number of hydrogen-bond acceptors (Lipinski definition) is 5. The molecule has 1 atom stereocenters. The van der Waals surface area contributed by atoms with Crippen LogP contribution in [-0.2, 0) is 11.3 Å². The molecule has 1 fully saturated rings. The second-order valence-corrected chi connectivity index (χ2v) is 3.77. The van der Waals surface area contributed by atoms with Gasteiger partial charge in [-0.1, -0.05) is 6.07 Å². The van der Waals surface area contributed by atoms with Gasteiger partial charge in [0.05, 0.1) is 12.7 Å². The SMILES string of the molecule is N#CC1CN(Cc2cccnc2N)CCO1. The molecule has 0 saturated carbocycles. The van der Waals surface area contributed by atoms with E-state index in [-0.39, 0.29) is 6.10 Å². The molecule has 5 nitrogen and oxygen atoms in total. The van der Waals surface area contributed by atoms with Crippen LogP contribution in [0, 0.1) is 11.3 Å². The summed E-state index contributed by atoms with van der Waals surface area (Å²) in [6.45, 7) is 2.77. The Kier molecular flexibility index (Phi) is 3.34. The minimum Gasteiger partial charge on any atom is -0.383 e. The van der Waals surface area contributed by atoms with Gasteiger partial charge in [0.2, 0.25) is 0 Å². The largest absolute Gasteiger partial charge is 0.383 e. The van der Waals surface area contributed by atoms with Crippen LogP contribution in [0.25, 0.3) is 0 Å². The van der Waals surface area contributed by atoms with Crippen molar-refractivity contribution in [3.63, 3.8) is 0 Å². The first-order chi connectivity index (χ1) is 7.79. The Hall–Kier alpha value is -1.64. The average molecular weight is 218 g/mol. The predicted molar refractivity (Wildman–Crippen MR) is 59.3 cm³/mol. The summed E-state index contributed by atoms with van der Waals surface area (Å²) in [5.74, 6) is 0.558. The molecule has 1 aliphatic heterocycles. The van der Waals surface area contributed by atoms with Crippen LogP contribution in [-0.4, -0.2) is 35.7 Å². The second-order valence-electron chi connectivity index (χ2n) is 3.77. The zero-order valence-electron chi connectivity index (χ0n) is 8.97. The van der Waals surface area contributed by atoms with Crippen molar-refractivity contribution in [3.8, 4) is 6.07 Å². The number of nitrogen functional groups attached to an aromatic ring is 1. The van der Waals surface area contributed by atoms with Crippen molar-refractivity contribution in [2.45, 2.75) is 12.6 Å². The molecule has 2 heterocycles. The highest BCUT2D eigenvalue weighted by Crippen LogP contribution is 2.13. The maximum Gasteiger partial charge on any atom is 0.156 e. The Bertz CT molecular complexity index is 401. The topological polar surface area (TPSA) is 75.2 Å². The number of rotatable bonds is 2. The highest BCUT2D eigenvalue weighted by atomic mass is 16.5. The molecule has 0 spiro atoms. The standard InChI is InChI=1S/C11H14N4O/c12-6-10-8-15(4-5-16-10)7-9-2-1-3-14-11(9)13/h1-3,10H,4-5,7-8H2,(H2,13,14). The van der Waals surface area contributed by atoms with Crippen LogP contribution < -0.4 is 5.73 Å². The van der Waals surface area contributed by atoms with Crippen molar-refractivity contribution in [1.29, 1.82) is 5.26 Å². The molecule has 1 aromatic rings. The van der Waals surface area contributed by atoms with Crippen LogP contribution in [0.15, 0.2) is 18.3 Å². The van der Waals surface area contributed by atoms with E-state index in [2.05, 4.69) is 16.0 Å². The van der Waals surface area contributed by atoms with Gasteiger partial charge in [0.15, 0.2) is 6.10 Å². The molecular formula is C11H14N4O. The first-order valence-electron chi connectivity index (χ1n) is 5.22. The molecule has 0 aliphatic carbocycles. The number of pyridine rings is 1. The number of anilines is 1. The van der Waals surface area contributed by atoms with Crippen LogP contribution in [0.2, 0.25) is 0 Å². The average Bonchev–Trinajstić information content (AvgIpc) is 2.32. The van der Waals surface area contributed by atoms with Crippen LogP contribution in [0.4, 0.5) is 5.82 Å². The molecule has 0 aromatic carbocycles. The van der Waals surface area contributed by atoms with E-state index in [4.69, 9.17) is 15.7 Å². The molecule has 0 bridgehead atoms. The van der Waals surface area contributed by atoms with E-state index in [9.17, 15) is 0 Å². The van der Waals surface area contributed by atoms with Crippen molar-refractivity contribution in [2.75, 3.05) is 25.4 Å². The Balaban J connectivity index is 2.00. The number of morpholine rings is 1. The highest BCUT2D eigenvalue weighted by Gasteiger charge is 2.20. The number of nitrogens with zero attached hydrogens (tertiary/aromatic N) is 3. The predicted octanol–water partition coefficient (Wildman–Crippen LogP) is 0.388. The van der Waals surface area contributed by atoms with Gasteiger partial charge in [-0.25, -0.2) is 4.98 Å². The Morgan fingerprint density at radius 3 is 3.31 bits per heavy atom. The molecule has 1 saturated heterocycles. The molecule has 2 rings (SSSR count). The fraction of sp³-hybridized carbons (Fsp3) is 0.455. The van der Waals surface area contributed by atoms with Gasteiger partial charge in [0, 0.05) is 31.4 Å². The maximum atomic E-state index is 8.79. The highest BCUT2D eigenvalue weighted by molar-refractivity contribution is 5.38. The number of ether oxygens (including phenoxy) is 1. The molecular weight excluding hydrogens is 204 g/mol. The van der Waals surface area contributed by atoms with E-state index in [1.165, 1.54) is 0 Å². The fourth-order valence-corrected chi connectivity index (χ4v) is 1.75. The van der Waals surface area contributed by atoms with Crippen molar-refractivity contribution in [2.24, 2.45) is 0 Å². The van der Waals surface area contributed by atoms with Crippen LogP contribution >= 0.6 is 0 Å². The third kappa shape index (κ3) is 2.48. The Morgan fingerprint density at radius 1 is 1.69 bits per heavy atom. The molecule has 2 N–H and O–H groups in total. The van der Waals surface area contributed by atoms with Gasteiger partial charge in [-0.3, -0.25) is 4.90 Å². The minimum atomic E-state index is -0.327. The number of nitrogens with two attached hydrogens (primary N) is 1. The Morgan fingerprint density at radius 2 is 2.56 bits per heavy atom. The lowest BCUT2D eigenvalue weighted by atomic mass is 10.2. The van der Waals surface area contributed by atoms with E-state index >= 15 is 0 Å². The summed E-state index contributed by atoms with van der Waals surface area (Å²) in [6.07, 6.45) is 1.35. The van der Waals surface area contributed by atoms with Crippen molar-refractivity contribution < 1.29 is 4.74 Å². The van der Waals surface area contributed by atoms with Crippen molar-refractivity contribution in [3.05, 3.63) is 23.9 Å². The summed E-state index contributed by atoms with van der Waals surface area (Å²) < 4.78 is 5.28. The summed E-state index contributed by atoms with van der Waals surface area (Å²) in [5, 5.41) is 8.79. The lowest BCUT2D eigenvalue weighted by molar-refractivity contribution is -0.00264. The second kappa shape index (κ2) is 4.92. The summed E-state index contributed by atoms with van der Waals surface area (Å²) in [5.41, 5.74) is 6.77. The van der Waals surface area contributed by atoms with E-state index in [1.54, 1.807) is 6.20 Å². The summed E-state index contributed by atoms with van der Waals surface area (Å²) in [6, 6.07) is 5.95. The molecule has 1 aliphatic rings. The van der Waals surface area contributed by atoms with Gasteiger partial charge in [-0.2, -0.15) is 5.26 Å². The van der Waals surface area contributed by atoms with Crippen molar-refractivity contribution in [1.82, 2.24) is 9.88 Å². The zero-order valence-corrected chi connectivity index (χ0v) is 8.97. The monoisotopic (exact) mass is 218 g/mol. The van der Waals surface area contributed by atoms with Gasteiger partial charge in [-0.15, -0.1) is 0 Å². The quantitative estimate of drug-likeness (QED) is 0.777. The summed E-state index contributed by atoms with van der Waals surface area (Å²) in [7, 11) is 0.